The third-order valence-corrected chi connectivity index (χ3v) is 5.46. The summed E-state index contributed by atoms with van der Waals surface area (Å²) in [5.41, 5.74) is 3.79. The highest BCUT2D eigenvalue weighted by molar-refractivity contribution is 5.94. The topological polar surface area (TPSA) is 85.2 Å². The van der Waals surface area contributed by atoms with Crippen LogP contribution in [-0.4, -0.2) is 22.1 Å². The lowest BCUT2D eigenvalue weighted by molar-refractivity contribution is -0.138. The summed E-state index contributed by atoms with van der Waals surface area (Å²) in [5.74, 6) is 0.581. The average molecular weight is 394 g/mol. The first-order valence-corrected chi connectivity index (χ1v) is 10.1. The van der Waals surface area contributed by atoms with Gasteiger partial charge in [-0.15, -0.1) is 0 Å². The molecule has 1 fully saturated rings. The Morgan fingerprint density at radius 2 is 1.97 bits per heavy atom. The van der Waals surface area contributed by atoms with E-state index >= 15 is 0 Å². The molecule has 2 aromatic rings. The molecule has 29 heavy (non-hydrogen) atoms. The monoisotopic (exact) mass is 394 g/mol. The van der Waals surface area contributed by atoms with Gasteiger partial charge in [-0.25, -0.2) is 9.59 Å². The summed E-state index contributed by atoms with van der Waals surface area (Å²) in [4.78, 5) is 29.8. The average Bonchev–Trinajstić information content (AvgIpc) is 3.48. The van der Waals surface area contributed by atoms with E-state index in [1.807, 2.05) is 45.0 Å². The van der Waals surface area contributed by atoms with E-state index in [0.29, 0.717) is 23.7 Å². The molecule has 7 heteroatoms. The minimum absolute atomic E-state index is 0.161. The molecule has 4 rings (SSSR count). The van der Waals surface area contributed by atoms with Gasteiger partial charge in [0.1, 0.15) is 11.6 Å². The summed E-state index contributed by atoms with van der Waals surface area (Å²) >= 11 is 0. The molecule has 1 aliphatic heterocycles. The molecule has 0 amide bonds. The van der Waals surface area contributed by atoms with Crippen LogP contribution >= 0.6 is 0 Å². The van der Waals surface area contributed by atoms with Crippen LogP contribution in [-0.2, 0) is 9.53 Å². The highest BCUT2D eigenvalue weighted by Gasteiger charge is 2.37. The van der Waals surface area contributed by atoms with Crippen molar-refractivity contribution < 1.29 is 9.53 Å². The number of benzene rings is 1. The molecule has 1 unspecified atom stereocenters. The van der Waals surface area contributed by atoms with Crippen molar-refractivity contribution in [3.8, 4) is 0 Å². The van der Waals surface area contributed by atoms with E-state index in [4.69, 9.17) is 4.74 Å². The second-order valence-corrected chi connectivity index (χ2v) is 7.70. The number of fused-ring (bicyclic) bond motifs is 1. The van der Waals surface area contributed by atoms with Crippen molar-refractivity contribution in [2.75, 3.05) is 17.2 Å². The Hall–Kier alpha value is -3.09. The van der Waals surface area contributed by atoms with Crippen LogP contribution in [0.2, 0.25) is 0 Å². The van der Waals surface area contributed by atoms with Gasteiger partial charge in [-0.1, -0.05) is 24.6 Å². The fourth-order valence-corrected chi connectivity index (χ4v) is 3.88. The van der Waals surface area contributed by atoms with E-state index in [1.165, 1.54) is 0 Å². The first-order chi connectivity index (χ1) is 13.9. The minimum Gasteiger partial charge on any atom is -0.463 e. The van der Waals surface area contributed by atoms with Crippen molar-refractivity contribution in [2.24, 2.45) is 0 Å². The van der Waals surface area contributed by atoms with Crippen molar-refractivity contribution in [1.29, 1.82) is 0 Å². The van der Waals surface area contributed by atoms with E-state index in [0.717, 1.165) is 35.5 Å². The van der Waals surface area contributed by atoms with E-state index in [-0.39, 0.29) is 23.6 Å². The Kier molecular flexibility index (Phi) is 4.90. The third kappa shape index (κ3) is 3.52. The fraction of sp³-hybridized carbons (Fsp3) is 0.409. The number of aryl methyl sites for hydroxylation is 1. The van der Waals surface area contributed by atoms with Gasteiger partial charge in [0, 0.05) is 28.9 Å². The molecule has 0 spiro atoms. The lowest BCUT2D eigenvalue weighted by Gasteiger charge is -2.30. The summed E-state index contributed by atoms with van der Waals surface area (Å²) in [7, 11) is 0. The maximum absolute atomic E-state index is 12.8. The van der Waals surface area contributed by atoms with Gasteiger partial charge in [0.15, 0.2) is 0 Å². The molecule has 1 aromatic carbocycles. The Morgan fingerprint density at radius 1 is 1.28 bits per heavy atom. The van der Waals surface area contributed by atoms with Gasteiger partial charge < -0.3 is 15.4 Å². The van der Waals surface area contributed by atoms with Gasteiger partial charge in [0.2, 0.25) is 0 Å². The number of anilines is 3. The molecule has 1 aliphatic carbocycles. The molecular weight excluding hydrogens is 368 g/mol. The SMILES string of the molecule is CCOC(=O)C1=C(C)Nc2c(c(Nc3ccc(C)cc3)nc(=O)n2C2CC2)C1C. The third-order valence-electron chi connectivity index (χ3n) is 5.46. The van der Waals surface area contributed by atoms with Gasteiger partial charge in [-0.05, 0) is 45.7 Å². The summed E-state index contributed by atoms with van der Waals surface area (Å²) in [5, 5.41) is 6.59. The second kappa shape index (κ2) is 7.39. The normalized spacial score (nSPS) is 18.1. The predicted molar refractivity (Wildman–Crippen MR) is 113 cm³/mol. The van der Waals surface area contributed by atoms with Crippen molar-refractivity contribution in [3.63, 3.8) is 0 Å². The summed E-state index contributed by atoms with van der Waals surface area (Å²) in [6.07, 6.45) is 1.92. The van der Waals surface area contributed by atoms with Crippen molar-refractivity contribution >= 4 is 23.3 Å². The summed E-state index contributed by atoms with van der Waals surface area (Å²) in [6, 6.07) is 8.05. The number of aromatic nitrogens is 2. The highest BCUT2D eigenvalue weighted by Crippen LogP contribution is 2.45. The number of ether oxygens (including phenoxy) is 1. The molecule has 152 valence electrons. The van der Waals surface area contributed by atoms with Crippen LogP contribution in [0.3, 0.4) is 0 Å². The number of carbonyl (C=O) groups is 1. The first kappa shape index (κ1) is 19.2. The quantitative estimate of drug-likeness (QED) is 0.746. The number of hydrogen-bond donors (Lipinski definition) is 2. The highest BCUT2D eigenvalue weighted by atomic mass is 16.5. The molecule has 1 aromatic heterocycles. The van der Waals surface area contributed by atoms with Crippen molar-refractivity contribution in [2.45, 2.75) is 52.5 Å². The Bertz CT molecular complexity index is 1050. The number of rotatable bonds is 5. The van der Waals surface area contributed by atoms with Crippen LogP contribution < -0.4 is 16.3 Å². The van der Waals surface area contributed by atoms with Crippen molar-refractivity contribution in [3.05, 3.63) is 57.1 Å². The Morgan fingerprint density at radius 3 is 2.59 bits per heavy atom. The zero-order valence-corrected chi connectivity index (χ0v) is 17.2. The number of carbonyl (C=O) groups excluding carboxylic acids is 1. The fourth-order valence-electron chi connectivity index (χ4n) is 3.88. The van der Waals surface area contributed by atoms with Crippen LogP contribution in [0.15, 0.2) is 40.3 Å². The standard InChI is InChI=1S/C22H26N4O3/c1-5-29-21(27)17-13(3)18-19(24-15-8-6-12(2)7-9-15)25-22(28)26(16-10-11-16)20(18)23-14(17)4/h6-9,13,16,23H,5,10-11H2,1-4H3,(H,24,25,28). The first-order valence-electron chi connectivity index (χ1n) is 10.1. The minimum atomic E-state index is -0.346. The van der Waals surface area contributed by atoms with E-state index in [9.17, 15) is 9.59 Å². The Labute approximate surface area is 169 Å². The van der Waals surface area contributed by atoms with Gasteiger partial charge in [0.05, 0.1) is 12.2 Å². The largest absolute Gasteiger partial charge is 0.463 e. The Balaban J connectivity index is 1.84. The van der Waals surface area contributed by atoms with Crippen LogP contribution in [0.5, 0.6) is 0 Å². The van der Waals surface area contributed by atoms with E-state index in [1.54, 1.807) is 11.5 Å². The van der Waals surface area contributed by atoms with E-state index in [2.05, 4.69) is 15.6 Å². The van der Waals surface area contributed by atoms with Crippen molar-refractivity contribution in [1.82, 2.24) is 9.55 Å². The van der Waals surface area contributed by atoms with Crippen LogP contribution in [0.25, 0.3) is 0 Å². The van der Waals surface area contributed by atoms with E-state index < -0.39 is 0 Å². The molecule has 0 bridgehead atoms. The molecule has 1 saturated carbocycles. The summed E-state index contributed by atoms with van der Waals surface area (Å²) in [6.45, 7) is 7.93. The number of hydrogen-bond acceptors (Lipinski definition) is 6. The molecule has 2 aliphatic rings. The van der Waals surface area contributed by atoms with Crippen LogP contribution in [0.4, 0.5) is 17.3 Å². The lowest BCUT2D eigenvalue weighted by Crippen LogP contribution is -2.32. The maximum Gasteiger partial charge on any atom is 0.351 e. The number of nitrogens with one attached hydrogen (secondary N) is 2. The molecule has 0 radical (unpaired) electrons. The maximum atomic E-state index is 12.8. The molecule has 2 heterocycles. The van der Waals surface area contributed by atoms with Crippen LogP contribution in [0.1, 0.15) is 56.7 Å². The molecule has 2 N–H and O–H groups in total. The number of esters is 1. The smallest absolute Gasteiger partial charge is 0.351 e. The zero-order chi connectivity index (χ0) is 20.7. The van der Waals surface area contributed by atoms with Crippen LogP contribution in [0, 0.1) is 6.92 Å². The number of allylic oxidation sites excluding steroid dienone is 1. The van der Waals surface area contributed by atoms with Gasteiger partial charge in [-0.3, -0.25) is 4.57 Å². The van der Waals surface area contributed by atoms with Gasteiger partial charge in [-0.2, -0.15) is 4.98 Å². The van der Waals surface area contributed by atoms with Gasteiger partial charge >= 0.3 is 11.7 Å². The zero-order valence-electron chi connectivity index (χ0n) is 17.2. The predicted octanol–water partition coefficient (Wildman–Crippen LogP) is 4.00. The van der Waals surface area contributed by atoms with Gasteiger partial charge in [0.25, 0.3) is 0 Å². The molecule has 1 atom stereocenters. The second-order valence-electron chi connectivity index (χ2n) is 7.70. The molecule has 0 saturated heterocycles. The molecule has 7 nitrogen and oxygen atoms in total. The summed E-state index contributed by atoms with van der Waals surface area (Å²) < 4.78 is 7.01. The number of nitrogens with zero attached hydrogens (tertiary/aromatic N) is 2. The molecular formula is C22H26N4O3. The lowest BCUT2D eigenvalue weighted by atomic mass is 9.88.